The van der Waals surface area contributed by atoms with Gasteiger partial charge in [0.1, 0.15) is 17.7 Å². The summed E-state index contributed by atoms with van der Waals surface area (Å²) in [6.45, 7) is 0. The van der Waals surface area contributed by atoms with Crippen molar-refractivity contribution in [3.63, 3.8) is 0 Å². The van der Waals surface area contributed by atoms with Crippen LogP contribution in [0.25, 0.3) is 11.1 Å². The lowest BCUT2D eigenvalue weighted by atomic mass is 10.0. The molecule has 0 aliphatic rings. The minimum atomic E-state index is -0.531. The van der Waals surface area contributed by atoms with E-state index in [-0.39, 0.29) is 11.4 Å². The van der Waals surface area contributed by atoms with Crippen LogP contribution in [0, 0.1) is 0 Å². The molecule has 0 spiro atoms. The Morgan fingerprint density at radius 3 is 2.53 bits per heavy atom. The van der Waals surface area contributed by atoms with Crippen LogP contribution in [-0.4, -0.2) is 24.3 Å². The van der Waals surface area contributed by atoms with Crippen molar-refractivity contribution < 1.29 is 14.3 Å². The number of carbonyl (C=O) groups is 2. The van der Waals surface area contributed by atoms with E-state index in [1.165, 1.54) is 7.11 Å². The van der Waals surface area contributed by atoms with Gasteiger partial charge in [0.25, 0.3) is 0 Å². The maximum absolute atomic E-state index is 11.5. The molecule has 0 aliphatic heterocycles. The topological polar surface area (TPSA) is 82.3 Å². The number of nitrogen functional groups attached to an aromatic ring is 1. The molecule has 0 saturated carbocycles. The third-order valence-corrected chi connectivity index (χ3v) is 2.70. The molecule has 5 nitrogen and oxygen atoms in total. The van der Waals surface area contributed by atoms with Crippen LogP contribution in [0.15, 0.2) is 36.5 Å². The molecule has 1 heterocycles. The highest BCUT2D eigenvalue weighted by Crippen LogP contribution is 2.22. The summed E-state index contributed by atoms with van der Waals surface area (Å²) in [5.74, 6) is -0.406. The van der Waals surface area contributed by atoms with Crippen molar-refractivity contribution in [2.45, 2.75) is 0 Å². The van der Waals surface area contributed by atoms with Crippen molar-refractivity contribution in [3.8, 4) is 11.1 Å². The van der Waals surface area contributed by atoms with E-state index in [2.05, 4.69) is 9.72 Å². The molecule has 96 valence electrons. The summed E-state index contributed by atoms with van der Waals surface area (Å²) < 4.78 is 4.64. The van der Waals surface area contributed by atoms with E-state index in [0.29, 0.717) is 5.56 Å². The highest BCUT2D eigenvalue weighted by molar-refractivity contribution is 5.95. The summed E-state index contributed by atoms with van der Waals surface area (Å²) in [5.41, 5.74) is 8.00. The van der Waals surface area contributed by atoms with Crippen LogP contribution in [0.2, 0.25) is 0 Å². The number of methoxy groups -OCH3 is 1. The Morgan fingerprint density at radius 1 is 1.26 bits per heavy atom. The minimum Gasteiger partial charge on any atom is -0.465 e. The summed E-state index contributed by atoms with van der Waals surface area (Å²) in [5, 5.41) is 0. The maximum Gasteiger partial charge on any atom is 0.341 e. The third kappa shape index (κ3) is 2.60. The molecule has 0 atom stereocenters. The Labute approximate surface area is 110 Å². The van der Waals surface area contributed by atoms with Crippen molar-refractivity contribution in [2.24, 2.45) is 0 Å². The van der Waals surface area contributed by atoms with Gasteiger partial charge >= 0.3 is 5.97 Å². The normalized spacial score (nSPS) is 9.95. The van der Waals surface area contributed by atoms with Crippen molar-refractivity contribution in [3.05, 3.63) is 47.7 Å². The van der Waals surface area contributed by atoms with E-state index < -0.39 is 5.97 Å². The van der Waals surface area contributed by atoms with Gasteiger partial charge in [-0.2, -0.15) is 0 Å². The van der Waals surface area contributed by atoms with Gasteiger partial charge in [-0.15, -0.1) is 0 Å². The quantitative estimate of drug-likeness (QED) is 0.670. The molecule has 0 bridgehead atoms. The first kappa shape index (κ1) is 12.8. The van der Waals surface area contributed by atoms with Gasteiger partial charge in [-0.25, -0.2) is 9.78 Å². The Hall–Kier alpha value is -2.69. The maximum atomic E-state index is 11.5. The molecule has 19 heavy (non-hydrogen) atoms. The number of rotatable bonds is 3. The van der Waals surface area contributed by atoms with E-state index >= 15 is 0 Å². The second kappa shape index (κ2) is 5.30. The Bertz CT molecular complexity index is 621. The first-order valence-electron chi connectivity index (χ1n) is 5.55. The first-order valence-corrected chi connectivity index (χ1v) is 5.55. The Kier molecular flexibility index (Phi) is 3.56. The van der Waals surface area contributed by atoms with Gasteiger partial charge in [-0.3, -0.25) is 4.79 Å². The fraction of sp³-hybridized carbons (Fsp3) is 0.0714. The molecule has 2 N–H and O–H groups in total. The fourth-order valence-electron chi connectivity index (χ4n) is 1.66. The van der Waals surface area contributed by atoms with Crippen LogP contribution in [-0.2, 0) is 4.74 Å². The molecule has 5 heteroatoms. The largest absolute Gasteiger partial charge is 0.465 e. The highest BCUT2D eigenvalue weighted by Gasteiger charge is 2.12. The number of aromatic nitrogens is 1. The predicted octanol–water partition coefficient (Wildman–Crippen LogP) is 1.93. The van der Waals surface area contributed by atoms with Gasteiger partial charge < -0.3 is 10.5 Å². The number of pyridine rings is 1. The van der Waals surface area contributed by atoms with Crippen molar-refractivity contribution in [2.75, 3.05) is 12.8 Å². The molecular formula is C14H12N2O3. The first-order chi connectivity index (χ1) is 9.15. The van der Waals surface area contributed by atoms with Crippen LogP contribution < -0.4 is 5.73 Å². The lowest BCUT2D eigenvalue weighted by molar-refractivity contribution is 0.0601. The number of hydrogen-bond acceptors (Lipinski definition) is 5. The molecule has 0 radical (unpaired) electrons. The Balaban J connectivity index is 2.44. The average Bonchev–Trinajstić information content (AvgIpc) is 2.47. The molecule has 2 rings (SSSR count). The molecule has 2 aromatic rings. The summed E-state index contributed by atoms with van der Waals surface area (Å²) in [4.78, 5) is 26.1. The van der Waals surface area contributed by atoms with Gasteiger partial charge in [0.05, 0.1) is 7.11 Å². The van der Waals surface area contributed by atoms with E-state index in [9.17, 15) is 9.59 Å². The minimum absolute atomic E-state index is 0.125. The zero-order chi connectivity index (χ0) is 13.8. The van der Waals surface area contributed by atoms with Crippen LogP contribution >= 0.6 is 0 Å². The van der Waals surface area contributed by atoms with Gasteiger partial charge in [-0.05, 0) is 11.6 Å². The number of nitrogens with zero attached hydrogens (tertiary/aromatic N) is 1. The Morgan fingerprint density at radius 2 is 1.95 bits per heavy atom. The summed E-state index contributed by atoms with van der Waals surface area (Å²) in [6.07, 6.45) is 2.34. The molecule has 0 unspecified atom stereocenters. The molecule has 0 amide bonds. The number of hydrogen-bond donors (Lipinski definition) is 1. The lowest BCUT2D eigenvalue weighted by Crippen LogP contribution is -2.07. The van der Waals surface area contributed by atoms with Crippen molar-refractivity contribution >= 4 is 18.1 Å². The predicted molar refractivity (Wildman–Crippen MR) is 70.8 cm³/mol. The van der Waals surface area contributed by atoms with Gasteiger partial charge in [-0.1, -0.05) is 24.3 Å². The van der Waals surface area contributed by atoms with Crippen LogP contribution in [0.4, 0.5) is 5.82 Å². The molecule has 0 fully saturated rings. The monoisotopic (exact) mass is 256 g/mol. The molecule has 1 aromatic heterocycles. The van der Waals surface area contributed by atoms with E-state index in [4.69, 9.17) is 5.73 Å². The number of esters is 1. The number of nitrogens with two attached hydrogens (primary N) is 1. The standard InChI is InChI=1S/C14H12N2O3/c1-19-14(18)12-6-11(7-16-13(12)15)10-4-2-9(8-17)3-5-10/h2-8H,1H3,(H2,15,16). The molecular weight excluding hydrogens is 244 g/mol. The number of benzene rings is 1. The zero-order valence-corrected chi connectivity index (χ0v) is 10.3. The second-order valence-corrected chi connectivity index (χ2v) is 3.89. The summed E-state index contributed by atoms with van der Waals surface area (Å²) in [6, 6.07) is 8.55. The van der Waals surface area contributed by atoms with Gasteiger partial charge in [0, 0.05) is 17.3 Å². The van der Waals surface area contributed by atoms with Gasteiger partial charge in [0.2, 0.25) is 0 Å². The summed E-state index contributed by atoms with van der Waals surface area (Å²) >= 11 is 0. The number of anilines is 1. The second-order valence-electron chi connectivity index (χ2n) is 3.89. The number of carbonyl (C=O) groups excluding carboxylic acids is 2. The van der Waals surface area contributed by atoms with E-state index in [0.717, 1.165) is 17.4 Å². The van der Waals surface area contributed by atoms with Crippen LogP contribution in [0.1, 0.15) is 20.7 Å². The van der Waals surface area contributed by atoms with E-state index in [1.54, 1.807) is 36.5 Å². The van der Waals surface area contributed by atoms with Crippen LogP contribution in [0.3, 0.4) is 0 Å². The molecule has 1 aromatic carbocycles. The van der Waals surface area contributed by atoms with Crippen LogP contribution in [0.5, 0.6) is 0 Å². The van der Waals surface area contributed by atoms with Crippen molar-refractivity contribution in [1.82, 2.24) is 4.98 Å². The van der Waals surface area contributed by atoms with E-state index in [1.807, 2.05) is 0 Å². The molecule has 0 aliphatic carbocycles. The number of ether oxygens (including phenoxy) is 1. The fourth-order valence-corrected chi connectivity index (χ4v) is 1.66. The number of aldehydes is 1. The molecule has 0 saturated heterocycles. The summed E-state index contributed by atoms with van der Waals surface area (Å²) in [7, 11) is 1.29. The lowest BCUT2D eigenvalue weighted by Gasteiger charge is -2.06. The zero-order valence-electron chi connectivity index (χ0n) is 10.3. The highest BCUT2D eigenvalue weighted by atomic mass is 16.5. The third-order valence-electron chi connectivity index (χ3n) is 2.70. The SMILES string of the molecule is COC(=O)c1cc(-c2ccc(C=O)cc2)cnc1N. The average molecular weight is 256 g/mol. The van der Waals surface area contributed by atoms with Gasteiger partial charge in [0.15, 0.2) is 0 Å². The van der Waals surface area contributed by atoms with Crippen molar-refractivity contribution in [1.29, 1.82) is 0 Å². The smallest absolute Gasteiger partial charge is 0.341 e.